The Morgan fingerprint density at radius 1 is 1.35 bits per heavy atom. The van der Waals surface area contributed by atoms with E-state index in [4.69, 9.17) is 22.6 Å². The molecular formula is C13H11ClN2S. The summed E-state index contributed by atoms with van der Waals surface area (Å²) in [5, 5.41) is 9.46. The van der Waals surface area contributed by atoms with Crippen molar-refractivity contribution in [1.82, 2.24) is 0 Å². The van der Waals surface area contributed by atoms with E-state index in [-0.39, 0.29) is 6.04 Å². The van der Waals surface area contributed by atoms with Crippen molar-refractivity contribution in [1.29, 1.82) is 5.26 Å². The summed E-state index contributed by atoms with van der Waals surface area (Å²) in [5.74, 6) is 0. The van der Waals surface area contributed by atoms with Crippen LogP contribution in [0.4, 0.5) is 0 Å². The predicted octanol–water partition coefficient (Wildman–Crippen LogP) is 3.96. The number of nitrogens with two attached hydrogens (primary N) is 1. The number of thiophene rings is 1. The van der Waals surface area contributed by atoms with E-state index in [0.717, 1.165) is 16.0 Å². The van der Waals surface area contributed by atoms with Gasteiger partial charge in [0.1, 0.15) is 10.9 Å². The number of nitriles is 1. The van der Waals surface area contributed by atoms with Crippen LogP contribution in [-0.2, 0) is 0 Å². The van der Waals surface area contributed by atoms with Gasteiger partial charge >= 0.3 is 0 Å². The fraction of sp³-hybridized carbons (Fsp3) is 0.154. The van der Waals surface area contributed by atoms with Gasteiger partial charge in [-0.05, 0) is 36.2 Å². The van der Waals surface area contributed by atoms with Gasteiger partial charge in [0.25, 0.3) is 0 Å². The van der Waals surface area contributed by atoms with E-state index >= 15 is 0 Å². The molecule has 0 spiro atoms. The smallest absolute Gasteiger partial charge is 0.110 e. The van der Waals surface area contributed by atoms with E-state index in [1.807, 2.05) is 37.3 Å². The maximum Gasteiger partial charge on any atom is 0.110 e. The van der Waals surface area contributed by atoms with E-state index in [9.17, 15) is 0 Å². The summed E-state index contributed by atoms with van der Waals surface area (Å²) in [6.45, 7) is 1.90. The minimum atomic E-state index is -0.0745. The molecule has 0 saturated heterocycles. The van der Waals surface area contributed by atoms with Crippen LogP contribution in [0.5, 0.6) is 0 Å². The van der Waals surface area contributed by atoms with Gasteiger partial charge in [0.2, 0.25) is 0 Å². The predicted molar refractivity (Wildman–Crippen MR) is 72.1 cm³/mol. The van der Waals surface area contributed by atoms with Crippen molar-refractivity contribution in [2.45, 2.75) is 13.0 Å². The number of hydrogen-bond acceptors (Lipinski definition) is 3. The molecule has 0 bridgehead atoms. The fourth-order valence-corrected chi connectivity index (χ4v) is 2.75. The summed E-state index contributed by atoms with van der Waals surface area (Å²) in [4.78, 5) is 1.74. The number of halogens is 1. The zero-order chi connectivity index (χ0) is 12.4. The Morgan fingerprint density at radius 2 is 2.12 bits per heavy atom. The molecule has 2 nitrogen and oxygen atoms in total. The van der Waals surface area contributed by atoms with Gasteiger partial charge in [-0.3, -0.25) is 0 Å². The SMILES string of the molecule is CC(N)c1ccc(-c2ccc(C#N)s2)cc1Cl. The maximum absolute atomic E-state index is 8.79. The van der Waals surface area contributed by atoms with Crippen molar-refractivity contribution < 1.29 is 0 Å². The van der Waals surface area contributed by atoms with Crippen LogP contribution in [0.25, 0.3) is 10.4 Å². The van der Waals surface area contributed by atoms with Crippen LogP contribution in [0, 0.1) is 11.3 Å². The van der Waals surface area contributed by atoms with E-state index in [0.29, 0.717) is 9.90 Å². The van der Waals surface area contributed by atoms with Crippen molar-refractivity contribution in [2.24, 2.45) is 5.73 Å². The second kappa shape index (κ2) is 4.89. The molecule has 1 aromatic carbocycles. The zero-order valence-electron chi connectivity index (χ0n) is 9.27. The lowest BCUT2D eigenvalue weighted by molar-refractivity contribution is 0.819. The zero-order valence-corrected chi connectivity index (χ0v) is 10.8. The van der Waals surface area contributed by atoms with Crippen LogP contribution in [0.3, 0.4) is 0 Å². The molecule has 0 radical (unpaired) electrons. The fourth-order valence-electron chi connectivity index (χ4n) is 1.60. The molecule has 0 aliphatic carbocycles. The monoisotopic (exact) mass is 262 g/mol. The second-order valence-electron chi connectivity index (χ2n) is 3.80. The molecule has 1 aromatic heterocycles. The Morgan fingerprint density at radius 3 is 2.65 bits per heavy atom. The molecule has 2 rings (SSSR count). The highest BCUT2D eigenvalue weighted by atomic mass is 35.5. The number of nitrogens with zero attached hydrogens (tertiary/aromatic N) is 1. The van der Waals surface area contributed by atoms with Crippen LogP contribution in [-0.4, -0.2) is 0 Å². The molecule has 0 amide bonds. The van der Waals surface area contributed by atoms with Gasteiger partial charge in [-0.25, -0.2) is 0 Å². The minimum absolute atomic E-state index is 0.0745. The first-order valence-corrected chi connectivity index (χ1v) is 6.36. The lowest BCUT2D eigenvalue weighted by atomic mass is 10.1. The summed E-state index contributed by atoms with van der Waals surface area (Å²) in [5.41, 5.74) is 7.76. The molecule has 86 valence electrons. The summed E-state index contributed by atoms with van der Waals surface area (Å²) < 4.78 is 0. The highest BCUT2D eigenvalue weighted by Crippen LogP contribution is 2.32. The number of hydrogen-bond donors (Lipinski definition) is 1. The van der Waals surface area contributed by atoms with Crippen LogP contribution in [0.1, 0.15) is 23.4 Å². The maximum atomic E-state index is 8.79. The van der Waals surface area contributed by atoms with Crippen LogP contribution in [0.15, 0.2) is 30.3 Å². The van der Waals surface area contributed by atoms with Gasteiger partial charge in [-0.1, -0.05) is 23.7 Å². The van der Waals surface area contributed by atoms with Crippen molar-refractivity contribution in [2.75, 3.05) is 0 Å². The molecule has 0 fully saturated rings. The lowest BCUT2D eigenvalue weighted by Crippen LogP contribution is -2.05. The topological polar surface area (TPSA) is 49.8 Å². The molecule has 0 saturated carbocycles. The first-order valence-electron chi connectivity index (χ1n) is 5.17. The summed E-state index contributed by atoms with van der Waals surface area (Å²) in [6.07, 6.45) is 0. The van der Waals surface area contributed by atoms with Gasteiger partial charge < -0.3 is 5.73 Å². The Balaban J connectivity index is 2.41. The van der Waals surface area contributed by atoms with Crippen molar-refractivity contribution in [3.63, 3.8) is 0 Å². The number of benzene rings is 1. The van der Waals surface area contributed by atoms with E-state index < -0.39 is 0 Å². The third-order valence-corrected chi connectivity index (χ3v) is 3.86. The van der Waals surface area contributed by atoms with Crippen LogP contribution < -0.4 is 5.73 Å². The van der Waals surface area contributed by atoms with Crippen molar-refractivity contribution in [3.8, 4) is 16.5 Å². The molecule has 4 heteroatoms. The van der Waals surface area contributed by atoms with Gasteiger partial charge in [0.15, 0.2) is 0 Å². The molecule has 2 N–H and O–H groups in total. The van der Waals surface area contributed by atoms with E-state index in [2.05, 4.69) is 6.07 Å². The van der Waals surface area contributed by atoms with Gasteiger partial charge in [-0.2, -0.15) is 5.26 Å². The highest BCUT2D eigenvalue weighted by Gasteiger charge is 2.08. The summed E-state index contributed by atoms with van der Waals surface area (Å²) >= 11 is 7.63. The van der Waals surface area contributed by atoms with E-state index in [1.165, 1.54) is 11.3 Å². The van der Waals surface area contributed by atoms with Gasteiger partial charge in [-0.15, -0.1) is 11.3 Å². The average Bonchev–Trinajstić information content (AvgIpc) is 2.76. The molecule has 17 heavy (non-hydrogen) atoms. The van der Waals surface area contributed by atoms with Gasteiger partial charge in [0, 0.05) is 15.9 Å². The standard InChI is InChI=1S/C13H11ClN2S/c1-8(16)11-4-2-9(6-12(11)14)13-5-3-10(7-15)17-13/h2-6,8H,16H2,1H3. The van der Waals surface area contributed by atoms with Gasteiger partial charge in [0.05, 0.1) is 0 Å². The third-order valence-electron chi connectivity index (χ3n) is 2.49. The molecular weight excluding hydrogens is 252 g/mol. The Bertz CT molecular complexity index is 581. The largest absolute Gasteiger partial charge is 0.324 e. The summed E-state index contributed by atoms with van der Waals surface area (Å²) in [7, 11) is 0. The summed E-state index contributed by atoms with van der Waals surface area (Å²) in [6, 6.07) is 11.6. The Labute approximate surface area is 109 Å². The lowest BCUT2D eigenvalue weighted by Gasteiger charge is -2.09. The molecule has 2 aromatic rings. The molecule has 0 aliphatic heterocycles. The van der Waals surface area contributed by atoms with Crippen LogP contribution in [0.2, 0.25) is 5.02 Å². The van der Waals surface area contributed by atoms with Crippen molar-refractivity contribution >= 4 is 22.9 Å². The quantitative estimate of drug-likeness (QED) is 0.891. The third kappa shape index (κ3) is 2.50. The first kappa shape index (κ1) is 12.1. The normalized spacial score (nSPS) is 12.1. The number of rotatable bonds is 2. The molecule has 1 atom stereocenters. The average molecular weight is 263 g/mol. The highest BCUT2D eigenvalue weighted by molar-refractivity contribution is 7.16. The minimum Gasteiger partial charge on any atom is -0.324 e. The van der Waals surface area contributed by atoms with Crippen LogP contribution >= 0.6 is 22.9 Å². The molecule has 1 heterocycles. The van der Waals surface area contributed by atoms with E-state index in [1.54, 1.807) is 0 Å². The molecule has 1 unspecified atom stereocenters. The Kier molecular flexibility index (Phi) is 3.49. The first-order chi connectivity index (χ1) is 8.11. The Hall–Kier alpha value is -1.34. The second-order valence-corrected chi connectivity index (χ2v) is 5.29. The molecule has 0 aliphatic rings. The van der Waals surface area contributed by atoms with Crippen molar-refractivity contribution in [3.05, 3.63) is 45.8 Å².